The highest BCUT2D eigenvalue weighted by atomic mass is 16.5. The van der Waals surface area contributed by atoms with Gasteiger partial charge in [0.2, 0.25) is 5.91 Å². The zero-order valence-electron chi connectivity index (χ0n) is 13.7. The highest BCUT2D eigenvalue weighted by Gasteiger charge is 2.07. The van der Waals surface area contributed by atoms with Gasteiger partial charge in [0, 0.05) is 12.8 Å². The first-order valence-corrected chi connectivity index (χ1v) is 7.25. The predicted octanol–water partition coefficient (Wildman–Crippen LogP) is -0.442. The fourth-order valence-electron chi connectivity index (χ4n) is 1.94. The third-order valence-corrected chi connectivity index (χ3v) is 3.18. The van der Waals surface area contributed by atoms with Gasteiger partial charge in [-0.2, -0.15) is 10.2 Å². The smallest absolute Gasteiger partial charge is 0.342 e. The minimum absolute atomic E-state index is 0.00853. The van der Waals surface area contributed by atoms with Crippen molar-refractivity contribution in [3.63, 3.8) is 0 Å². The molecule has 0 saturated heterocycles. The standard InChI is InChI=1S/C15H17N5O5/c1-24-11-5-3-9(7-12(11)25-2)8-16-19-13(21)6-4-10-14(22)17-15(23)20-18-10/h3,5,7-8H,4,6H2,1-2H3,(H,19,21)(H2,17,20,22,23)/b16-8+. The van der Waals surface area contributed by atoms with Gasteiger partial charge in [-0.15, -0.1) is 0 Å². The first-order valence-electron chi connectivity index (χ1n) is 7.25. The van der Waals surface area contributed by atoms with Crippen LogP contribution in [0.3, 0.4) is 0 Å². The molecule has 10 heteroatoms. The number of rotatable bonds is 7. The average molecular weight is 347 g/mol. The molecule has 1 aromatic carbocycles. The lowest BCUT2D eigenvalue weighted by Gasteiger charge is -2.07. The lowest BCUT2D eigenvalue weighted by atomic mass is 10.2. The topological polar surface area (TPSA) is 139 Å². The van der Waals surface area contributed by atoms with Gasteiger partial charge in [0.1, 0.15) is 5.69 Å². The van der Waals surface area contributed by atoms with E-state index >= 15 is 0 Å². The quantitative estimate of drug-likeness (QED) is 0.458. The molecule has 25 heavy (non-hydrogen) atoms. The third-order valence-electron chi connectivity index (χ3n) is 3.18. The molecule has 1 heterocycles. The second-order valence-corrected chi connectivity index (χ2v) is 4.86. The molecule has 2 aromatic rings. The van der Waals surface area contributed by atoms with Gasteiger partial charge >= 0.3 is 5.69 Å². The molecule has 0 bridgehead atoms. The minimum atomic E-state index is -0.697. The van der Waals surface area contributed by atoms with E-state index in [4.69, 9.17) is 9.47 Å². The molecule has 132 valence electrons. The monoisotopic (exact) mass is 347 g/mol. The lowest BCUT2D eigenvalue weighted by molar-refractivity contribution is -0.121. The van der Waals surface area contributed by atoms with Crippen LogP contribution in [0, 0.1) is 0 Å². The summed E-state index contributed by atoms with van der Waals surface area (Å²) in [5.74, 6) is 0.729. The minimum Gasteiger partial charge on any atom is -0.493 e. The number of nitrogens with one attached hydrogen (secondary N) is 3. The second kappa shape index (κ2) is 8.43. The van der Waals surface area contributed by atoms with Crippen LogP contribution in [0.25, 0.3) is 0 Å². The van der Waals surface area contributed by atoms with E-state index in [1.54, 1.807) is 18.2 Å². The molecule has 0 unspecified atom stereocenters. The maximum absolute atomic E-state index is 11.7. The number of benzene rings is 1. The molecular formula is C15H17N5O5. The SMILES string of the molecule is COc1ccc(/C=N/NC(=O)CCc2n[nH]c(=O)[nH]c2=O)cc1OC. The number of H-pyrrole nitrogens is 2. The Morgan fingerprint density at radius 2 is 2.04 bits per heavy atom. The van der Waals surface area contributed by atoms with Crippen molar-refractivity contribution in [2.24, 2.45) is 5.10 Å². The Balaban J connectivity index is 1.90. The molecule has 0 aliphatic rings. The van der Waals surface area contributed by atoms with Crippen molar-refractivity contribution in [2.45, 2.75) is 12.8 Å². The van der Waals surface area contributed by atoms with E-state index in [2.05, 4.69) is 20.7 Å². The van der Waals surface area contributed by atoms with Gasteiger partial charge in [0.25, 0.3) is 5.56 Å². The Bertz CT molecular complexity index is 886. The summed E-state index contributed by atoms with van der Waals surface area (Å²) in [5.41, 5.74) is 1.80. The molecule has 0 spiro atoms. The molecule has 3 N–H and O–H groups in total. The normalized spacial score (nSPS) is 10.6. The van der Waals surface area contributed by atoms with Crippen molar-refractivity contribution in [3.05, 3.63) is 50.3 Å². The summed E-state index contributed by atoms with van der Waals surface area (Å²) in [6.45, 7) is 0. The Kier molecular flexibility index (Phi) is 6.04. The number of amides is 1. The zero-order valence-corrected chi connectivity index (χ0v) is 13.7. The number of hydrogen-bond donors (Lipinski definition) is 3. The number of aryl methyl sites for hydroxylation is 1. The first-order chi connectivity index (χ1) is 12.0. The van der Waals surface area contributed by atoms with E-state index in [1.807, 2.05) is 4.98 Å². The summed E-state index contributed by atoms with van der Waals surface area (Å²) in [6, 6.07) is 5.18. The van der Waals surface area contributed by atoms with Crippen molar-refractivity contribution in [2.75, 3.05) is 14.2 Å². The molecule has 1 amide bonds. The summed E-state index contributed by atoms with van der Waals surface area (Å²) >= 11 is 0. The number of carbonyl (C=O) groups excluding carboxylic acids is 1. The molecule has 2 rings (SSSR count). The van der Waals surface area contributed by atoms with Crippen molar-refractivity contribution >= 4 is 12.1 Å². The number of aromatic nitrogens is 3. The van der Waals surface area contributed by atoms with Crippen LogP contribution in [-0.2, 0) is 11.2 Å². The van der Waals surface area contributed by atoms with E-state index in [0.717, 1.165) is 0 Å². The zero-order chi connectivity index (χ0) is 18.2. The molecule has 0 fully saturated rings. The lowest BCUT2D eigenvalue weighted by Crippen LogP contribution is -2.28. The average Bonchev–Trinajstić information content (AvgIpc) is 2.60. The fraction of sp³-hybridized carbons (Fsp3) is 0.267. The van der Waals surface area contributed by atoms with E-state index in [9.17, 15) is 14.4 Å². The van der Waals surface area contributed by atoms with Gasteiger partial charge in [-0.25, -0.2) is 15.3 Å². The number of hydrazone groups is 1. The Hall–Kier alpha value is -3.43. The van der Waals surface area contributed by atoms with E-state index < -0.39 is 17.2 Å². The van der Waals surface area contributed by atoms with Gasteiger partial charge in [-0.1, -0.05) is 0 Å². The van der Waals surface area contributed by atoms with Crippen LogP contribution in [0.4, 0.5) is 0 Å². The molecule has 0 saturated carbocycles. The number of ether oxygens (including phenoxy) is 2. The Morgan fingerprint density at radius 3 is 2.72 bits per heavy atom. The van der Waals surface area contributed by atoms with Crippen molar-refractivity contribution < 1.29 is 14.3 Å². The third kappa shape index (κ3) is 5.03. The van der Waals surface area contributed by atoms with Crippen LogP contribution in [0.5, 0.6) is 11.5 Å². The number of methoxy groups -OCH3 is 2. The van der Waals surface area contributed by atoms with Gasteiger partial charge in [0.05, 0.1) is 20.4 Å². The van der Waals surface area contributed by atoms with Crippen molar-refractivity contribution in [3.8, 4) is 11.5 Å². The summed E-state index contributed by atoms with van der Waals surface area (Å²) in [4.78, 5) is 36.1. The summed E-state index contributed by atoms with van der Waals surface area (Å²) in [7, 11) is 3.06. The van der Waals surface area contributed by atoms with Gasteiger partial charge in [-0.05, 0) is 23.8 Å². The van der Waals surface area contributed by atoms with Gasteiger partial charge in [0.15, 0.2) is 11.5 Å². The van der Waals surface area contributed by atoms with Crippen LogP contribution in [0.2, 0.25) is 0 Å². The molecule has 0 aliphatic carbocycles. The number of nitrogens with zero attached hydrogens (tertiary/aromatic N) is 2. The summed E-state index contributed by atoms with van der Waals surface area (Å²) in [6.07, 6.45) is 1.51. The number of aromatic amines is 2. The molecule has 0 atom stereocenters. The Morgan fingerprint density at radius 1 is 1.28 bits per heavy atom. The van der Waals surface area contributed by atoms with Crippen LogP contribution in [0.15, 0.2) is 32.9 Å². The molecule has 0 radical (unpaired) electrons. The van der Waals surface area contributed by atoms with Crippen molar-refractivity contribution in [1.29, 1.82) is 0 Å². The van der Waals surface area contributed by atoms with E-state index in [1.165, 1.54) is 20.4 Å². The first kappa shape index (κ1) is 17.9. The number of hydrogen-bond acceptors (Lipinski definition) is 7. The van der Waals surface area contributed by atoms with Crippen LogP contribution in [-0.4, -0.2) is 41.5 Å². The van der Waals surface area contributed by atoms with Crippen molar-refractivity contribution in [1.82, 2.24) is 20.6 Å². The van der Waals surface area contributed by atoms with Gasteiger partial charge < -0.3 is 9.47 Å². The van der Waals surface area contributed by atoms with Gasteiger partial charge in [-0.3, -0.25) is 14.6 Å². The van der Waals surface area contributed by atoms with E-state index in [-0.39, 0.29) is 18.5 Å². The van der Waals surface area contributed by atoms with E-state index in [0.29, 0.717) is 17.1 Å². The molecule has 1 aromatic heterocycles. The molecule has 10 nitrogen and oxygen atoms in total. The maximum Gasteiger partial charge on any atom is 0.342 e. The maximum atomic E-state index is 11.7. The molecule has 0 aliphatic heterocycles. The largest absolute Gasteiger partial charge is 0.493 e. The molecular weight excluding hydrogens is 330 g/mol. The second-order valence-electron chi connectivity index (χ2n) is 4.86. The fourth-order valence-corrected chi connectivity index (χ4v) is 1.94. The summed E-state index contributed by atoms with van der Waals surface area (Å²) < 4.78 is 10.3. The van der Waals surface area contributed by atoms with Crippen LogP contribution >= 0.6 is 0 Å². The highest BCUT2D eigenvalue weighted by molar-refractivity contribution is 5.83. The number of carbonyl (C=O) groups is 1. The van der Waals surface area contributed by atoms with Crippen LogP contribution < -0.4 is 26.1 Å². The summed E-state index contributed by atoms with van der Waals surface area (Å²) in [5, 5.41) is 9.53. The highest BCUT2D eigenvalue weighted by Crippen LogP contribution is 2.26. The Labute approximate surface area is 141 Å². The predicted molar refractivity (Wildman–Crippen MR) is 89.1 cm³/mol. The van der Waals surface area contributed by atoms with Crippen LogP contribution in [0.1, 0.15) is 17.7 Å².